The number of fused-ring (bicyclic) bond motifs is 1. The van der Waals surface area contributed by atoms with Gasteiger partial charge in [-0.1, -0.05) is 12.1 Å². The lowest BCUT2D eigenvalue weighted by Gasteiger charge is -2.04. The predicted molar refractivity (Wildman–Crippen MR) is 74.4 cm³/mol. The first-order valence-corrected chi connectivity index (χ1v) is 6.71. The van der Waals surface area contributed by atoms with Crippen LogP contribution in [0.25, 0.3) is 10.8 Å². The number of hydrogen-bond acceptors (Lipinski definition) is 4. The molecule has 4 heteroatoms. The van der Waals surface area contributed by atoms with Crippen molar-refractivity contribution in [2.75, 3.05) is 0 Å². The van der Waals surface area contributed by atoms with Crippen LogP contribution in [0, 0.1) is 0 Å². The molecule has 1 N–H and O–H groups in total. The molecule has 0 radical (unpaired) electrons. The maximum Gasteiger partial charge on any atom is 0.106 e. The van der Waals surface area contributed by atoms with E-state index in [9.17, 15) is 0 Å². The smallest absolute Gasteiger partial charge is 0.106 e. The van der Waals surface area contributed by atoms with Crippen molar-refractivity contribution in [3.63, 3.8) is 0 Å². The summed E-state index contributed by atoms with van der Waals surface area (Å²) in [5.74, 6) is 0. The molecule has 3 aromatic rings. The summed E-state index contributed by atoms with van der Waals surface area (Å²) >= 11 is 1.68. The second kappa shape index (κ2) is 5.25. The maximum absolute atomic E-state index is 4.25. The van der Waals surface area contributed by atoms with Crippen molar-refractivity contribution in [1.29, 1.82) is 0 Å². The molecule has 0 aliphatic rings. The van der Waals surface area contributed by atoms with E-state index in [0.29, 0.717) is 0 Å². The van der Waals surface area contributed by atoms with E-state index in [1.165, 1.54) is 16.3 Å². The molecule has 0 amide bonds. The summed E-state index contributed by atoms with van der Waals surface area (Å²) in [6, 6.07) is 8.49. The average Bonchev–Trinajstić information content (AvgIpc) is 2.92. The van der Waals surface area contributed by atoms with Gasteiger partial charge in [0.1, 0.15) is 5.01 Å². The molecular weight excluding hydrogens is 242 g/mol. The van der Waals surface area contributed by atoms with Crippen LogP contribution < -0.4 is 5.32 Å². The van der Waals surface area contributed by atoms with E-state index in [2.05, 4.69) is 33.5 Å². The summed E-state index contributed by atoms with van der Waals surface area (Å²) < 4.78 is 0. The van der Waals surface area contributed by atoms with Gasteiger partial charge in [0.15, 0.2) is 0 Å². The van der Waals surface area contributed by atoms with Gasteiger partial charge in [0, 0.05) is 42.4 Å². The Morgan fingerprint density at radius 3 is 2.94 bits per heavy atom. The Labute approximate surface area is 110 Å². The molecule has 3 rings (SSSR count). The van der Waals surface area contributed by atoms with Gasteiger partial charge in [0.2, 0.25) is 0 Å². The van der Waals surface area contributed by atoms with Crippen LogP contribution in [0.15, 0.2) is 48.2 Å². The van der Waals surface area contributed by atoms with E-state index in [4.69, 9.17) is 0 Å². The molecule has 0 bridgehead atoms. The lowest BCUT2D eigenvalue weighted by atomic mass is 10.1. The summed E-state index contributed by atoms with van der Waals surface area (Å²) in [5, 5.41) is 8.94. The van der Waals surface area contributed by atoms with E-state index in [1.54, 1.807) is 11.3 Å². The van der Waals surface area contributed by atoms with Crippen LogP contribution in [0.4, 0.5) is 0 Å². The van der Waals surface area contributed by atoms with Crippen LogP contribution in [0.3, 0.4) is 0 Å². The zero-order valence-electron chi connectivity index (χ0n) is 9.84. The minimum Gasteiger partial charge on any atom is -0.306 e. The number of pyridine rings is 1. The third-order valence-corrected chi connectivity index (χ3v) is 3.57. The summed E-state index contributed by atoms with van der Waals surface area (Å²) in [6.45, 7) is 1.68. The topological polar surface area (TPSA) is 37.8 Å². The number of nitrogens with zero attached hydrogens (tertiary/aromatic N) is 2. The molecule has 0 saturated carbocycles. The molecule has 0 atom stereocenters. The lowest BCUT2D eigenvalue weighted by Crippen LogP contribution is -2.12. The van der Waals surface area contributed by atoms with Crippen molar-refractivity contribution in [3.05, 3.63) is 58.8 Å². The van der Waals surface area contributed by atoms with Gasteiger partial charge in [-0.05, 0) is 23.1 Å². The number of thiazole rings is 1. The largest absolute Gasteiger partial charge is 0.306 e. The van der Waals surface area contributed by atoms with Crippen LogP contribution in [0.5, 0.6) is 0 Å². The Hall–Kier alpha value is -1.78. The zero-order chi connectivity index (χ0) is 12.2. The van der Waals surface area contributed by atoms with Gasteiger partial charge in [-0.2, -0.15) is 0 Å². The van der Waals surface area contributed by atoms with Crippen molar-refractivity contribution in [1.82, 2.24) is 15.3 Å². The molecule has 0 aliphatic carbocycles. The van der Waals surface area contributed by atoms with Gasteiger partial charge in [-0.3, -0.25) is 4.98 Å². The summed E-state index contributed by atoms with van der Waals surface area (Å²) in [4.78, 5) is 8.36. The van der Waals surface area contributed by atoms with E-state index in [-0.39, 0.29) is 0 Å². The molecule has 0 aliphatic heterocycles. The molecule has 1 aromatic carbocycles. The van der Waals surface area contributed by atoms with Gasteiger partial charge in [-0.15, -0.1) is 11.3 Å². The quantitative estimate of drug-likeness (QED) is 0.779. The third-order valence-electron chi connectivity index (χ3n) is 2.79. The summed E-state index contributed by atoms with van der Waals surface area (Å²) in [7, 11) is 0. The highest BCUT2D eigenvalue weighted by molar-refractivity contribution is 7.09. The van der Waals surface area contributed by atoms with Gasteiger partial charge < -0.3 is 5.32 Å². The third kappa shape index (κ3) is 2.55. The second-order valence-corrected chi connectivity index (χ2v) is 5.07. The molecule has 2 heterocycles. The highest BCUT2D eigenvalue weighted by Gasteiger charge is 1.98. The van der Waals surface area contributed by atoms with Gasteiger partial charge in [-0.25, -0.2) is 4.98 Å². The first-order valence-electron chi connectivity index (χ1n) is 5.83. The van der Waals surface area contributed by atoms with Crippen molar-refractivity contribution < 1.29 is 0 Å². The molecule has 0 unspecified atom stereocenters. The molecule has 0 spiro atoms. The normalized spacial score (nSPS) is 10.9. The molecule has 2 aromatic heterocycles. The Morgan fingerprint density at radius 2 is 2.06 bits per heavy atom. The number of rotatable bonds is 4. The molecule has 0 fully saturated rings. The van der Waals surface area contributed by atoms with Gasteiger partial charge >= 0.3 is 0 Å². The number of hydrogen-bond donors (Lipinski definition) is 1. The van der Waals surface area contributed by atoms with Gasteiger partial charge in [0.05, 0.1) is 0 Å². The summed E-state index contributed by atoms with van der Waals surface area (Å²) in [6.07, 6.45) is 5.56. The number of nitrogens with one attached hydrogen (secondary N) is 1. The van der Waals surface area contributed by atoms with Crippen molar-refractivity contribution in [2.45, 2.75) is 13.1 Å². The van der Waals surface area contributed by atoms with Crippen LogP contribution in [-0.4, -0.2) is 9.97 Å². The second-order valence-electron chi connectivity index (χ2n) is 4.09. The highest BCUT2D eigenvalue weighted by atomic mass is 32.1. The SMILES string of the molecule is c1cc2cc(CNCc3nccs3)ccc2cn1. The first kappa shape index (κ1) is 11.3. The standard InChI is InChI=1S/C14H13N3S/c1-2-13-9-15-4-3-12(13)7-11(1)8-16-10-14-17-5-6-18-14/h1-7,9,16H,8,10H2. The lowest BCUT2D eigenvalue weighted by molar-refractivity contribution is 0.690. The van der Waals surface area contributed by atoms with Gasteiger partial charge in [0.25, 0.3) is 0 Å². The van der Waals surface area contributed by atoms with Crippen LogP contribution in [-0.2, 0) is 13.1 Å². The Morgan fingerprint density at radius 1 is 1.06 bits per heavy atom. The minimum atomic E-state index is 0.825. The summed E-state index contributed by atoms with van der Waals surface area (Å²) in [5.41, 5.74) is 1.28. The number of aromatic nitrogens is 2. The Bertz CT molecular complexity index is 634. The Balaban J connectivity index is 1.67. The fourth-order valence-electron chi connectivity index (χ4n) is 1.90. The number of benzene rings is 1. The van der Waals surface area contributed by atoms with E-state index in [0.717, 1.165) is 18.1 Å². The van der Waals surface area contributed by atoms with Crippen LogP contribution in [0.2, 0.25) is 0 Å². The fraction of sp³-hybridized carbons (Fsp3) is 0.143. The van der Waals surface area contributed by atoms with Crippen LogP contribution >= 0.6 is 11.3 Å². The van der Waals surface area contributed by atoms with E-state index in [1.807, 2.05) is 30.0 Å². The minimum absolute atomic E-state index is 0.825. The molecule has 3 nitrogen and oxygen atoms in total. The van der Waals surface area contributed by atoms with Crippen molar-refractivity contribution in [3.8, 4) is 0 Å². The predicted octanol–water partition coefficient (Wildman–Crippen LogP) is 2.98. The highest BCUT2D eigenvalue weighted by Crippen LogP contribution is 2.14. The van der Waals surface area contributed by atoms with Crippen molar-refractivity contribution >= 4 is 22.1 Å². The van der Waals surface area contributed by atoms with Crippen LogP contribution in [0.1, 0.15) is 10.6 Å². The first-order chi connectivity index (χ1) is 8.92. The molecule has 0 saturated heterocycles. The zero-order valence-corrected chi connectivity index (χ0v) is 10.7. The Kier molecular flexibility index (Phi) is 3.30. The fourth-order valence-corrected chi connectivity index (χ4v) is 2.48. The molecular formula is C14H13N3S. The average molecular weight is 255 g/mol. The maximum atomic E-state index is 4.25. The van der Waals surface area contributed by atoms with E-state index < -0.39 is 0 Å². The van der Waals surface area contributed by atoms with Crippen molar-refractivity contribution in [2.24, 2.45) is 0 Å². The molecule has 90 valence electrons. The molecule has 18 heavy (non-hydrogen) atoms. The monoisotopic (exact) mass is 255 g/mol. The van der Waals surface area contributed by atoms with E-state index >= 15 is 0 Å².